The molecule has 18 heavy (non-hydrogen) atoms. The molecule has 2 rings (SSSR count). The van der Waals surface area contributed by atoms with Gasteiger partial charge in [-0.2, -0.15) is 0 Å². The van der Waals surface area contributed by atoms with Gasteiger partial charge in [0.15, 0.2) is 0 Å². The summed E-state index contributed by atoms with van der Waals surface area (Å²) in [6.07, 6.45) is 4.51. The molecule has 1 saturated heterocycles. The smallest absolute Gasteiger partial charge is 0.400 e. The average Bonchev–Trinajstić information content (AvgIpc) is 2.45. The first kappa shape index (κ1) is 13.2. The van der Waals surface area contributed by atoms with Crippen molar-refractivity contribution in [3.05, 3.63) is 35.8 Å². The summed E-state index contributed by atoms with van der Waals surface area (Å²) in [6.45, 7) is 7.96. The van der Waals surface area contributed by atoms with E-state index in [2.05, 4.69) is 4.98 Å². The van der Waals surface area contributed by atoms with Gasteiger partial charge in [-0.05, 0) is 39.3 Å². The summed E-state index contributed by atoms with van der Waals surface area (Å²) in [5.41, 5.74) is -0.0329. The molecule has 0 spiro atoms. The molecule has 1 aliphatic rings. The van der Waals surface area contributed by atoms with Crippen molar-refractivity contribution in [1.82, 2.24) is 4.98 Å². The summed E-state index contributed by atoms with van der Waals surface area (Å²) < 4.78 is 24.5. The standard InChI is InChI=1S/C13H17BFNO2/c1-12(2)13(3,4)18-14(17-12)6-5-10-7-11(15)9-16-8-10/h5-9H,1-4H3/b6-5+. The van der Waals surface area contributed by atoms with E-state index in [1.54, 1.807) is 18.2 Å². The third-order valence-electron chi connectivity index (χ3n) is 3.44. The Labute approximate surface area is 107 Å². The van der Waals surface area contributed by atoms with Crippen LogP contribution in [0.3, 0.4) is 0 Å². The third kappa shape index (κ3) is 2.62. The minimum absolute atomic E-state index is 0.355. The number of hydrogen-bond acceptors (Lipinski definition) is 3. The summed E-state index contributed by atoms with van der Waals surface area (Å²) in [7, 11) is -0.418. The van der Waals surface area contributed by atoms with Crippen LogP contribution in [0.2, 0.25) is 0 Å². The van der Waals surface area contributed by atoms with Crippen molar-refractivity contribution in [3.8, 4) is 0 Å². The first-order valence-electron chi connectivity index (χ1n) is 5.95. The molecule has 2 heterocycles. The van der Waals surface area contributed by atoms with E-state index in [0.29, 0.717) is 5.56 Å². The van der Waals surface area contributed by atoms with Gasteiger partial charge < -0.3 is 9.31 Å². The average molecular weight is 249 g/mol. The van der Waals surface area contributed by atoms with Crippen LogP contribution in [0.1, 0.15) is 33.3 Å². The maximum absolute atomic E-state index is 13.0. The molecule has 1 aromatic heterocycles. The molecule has 0 bridgehead atoms. The van der Waals surface area contributed by atoms with Crippen molar-refractivity contribution in [2.75, 3.05) is 0 Å². The Kier molecular flexibility index (Phi) is 3.30. The highest BCUT2D eigenvalue weighted by molar-refractivity contribution is 6.52. The van der Waals surface area contributed by atoms with Gasteiger partial charge in [0, 0.05) is 6.20 Å². The molecule has 1 aromatic rings. The van der Waals surface area contributed by atoms with Crippen LogP contribution in [0.15, 0.2) is 24.4 Å². The molecule has 0 aromatic carbocycles. The topological polar surface area (TPSA) is 31.4 Å². The molecule has 0 radical (unpaired) electrons. The van der Waals surface area contributed by atoms with Gasteiger partial charge in [-0.3, -0.25) is 4.98 Å². The minimum atomic E-state index is -0.418. The minimum Gasteiger partial charge on any atom is -0.400 e. The SMILES string of the molecule is CC1(C)OB(/C=C/c2cncc(F)c2)OC1(C)C. The predicted molar refractivity (Wildman–Crippen MR) is 69.3 cm³/mol. The highest BCUT2D eigenvalue weighted by Crippen LogP contribution is 2.36. The number of halogens is 1. The molecule has 1 aliphatic heterocycles. The second-order valence-corrected chi connectivity index (χ2v) is 5.42. The van der Waals surface area contributed by atoms with Crippen LogP contribution >= 0.6 is 0 Å². The predicted octanol–water partition coefficient (Wildman–Crippen LogP) is 2.87. The van der Waals surface area contributed by atoms with Crippen molar-refractivity contribution in [1.29, 1.82) is 0 Å². The van der Waals surface area contributed by atoms with E-state index < -0.39 is 7.12 Å². The molecule has 1 fully saturated rings. The Morgan fingerprint density at radius 3 is 2.33 bits per heavy atom. The number of hydrogen-bond donors (Lipinski definition) is 0. The number of nitrogens with zero attached hydrogens (tertiary/aromatic N) is 1. The fourth-order valence-corrected chi connectivity index (χ4v) is 1.68. The lowest BCUT2D eigenvalue weighted by molar-refractivity contribution is 0.00578. The molecule has 0 unspecified atom stereocenters. The largest absolute Gasteiger partial charge is 0.487 e. The highest BCUT2D eigenvalue weighted by Gasteiger charge is 2.49. The molecular formula is C13H17BFNO2. The van der Waals surface area contributed by atoms with Gasteiger partial charge in [-0.1, -0.05) is 12.1 Å². The number of rotatable bonds is 2. The van der Waals surface area contributed by atoms with E-state index in [-0.39, 0.29) is 17.0 Å². The lowest BCUT2D eigenvalue weighted by Crippen LogP contribution is -2.41. The van der Waals surface area contributed by atoms with Crippen molar-refractivity contribution in [2.45, 2.75) is 38.9 Å². The first-order chi connectivity index (χ1) is 8.30. The van der Waals surface area contributed by atoms with Gasteiger partial charge in [0.25, 0.3) is 0 Å². The Bertz CT molecular complexity index is 458. The quantitative estimate of drug-likeness (QED) is 0.755. The summed E-state index contributed by atoms with van der Waals surface area (Å²) in [5.74, 6) is 1.42. The second-order valence-electron chi connectivity index (χ2n) is 5.42. The lowest BCUT2D eigenvalue weighted by atomic mass is 9.89. The molecule has 0 atom stereocenters. The Hall–Kier alpha value is -1.20. The van der Waals surface area contributed by atoms with Crippen molar-refractivity contribution < 1.29 is 13.7 Å². The van der Waals surface area contributed by atoms with E-state index in [1.807, 2.05) is 27.7 Å². The van der Waals surface area contributed by atoms with E-state index in [4.69, 9.17) is 9.31 Å². The Morgan fingerprint density at radius 1 is 1.17 bits per heavy atom. The van der Waals surface area contributed by atoms with Gasteiger partial charge in [0.2, 0.25) is 0 Å². The molecule has 96 valence electrons. The van der Waals surface area contributed by atoms with Crippen LogP contribution in [0, 0.1) is 5.82 Å². The molecule has 3 nitrogen and oxygen atoms in total. The maximum atomic E-state index is 13.0. The molecule has 0 amide bonds. The number of pyridine rings is 1. The zero-order valence-electron chi connectivity index (χ0n) is 11.1. The fourth-order valence-electron chi connectivity index (χ4n) is 1.68. The first-order valence-corrected chi connectivity index (χ1v) is 5.95. The van der Waals surface area contributed by atoms with Gasteiger partial charge in [-0.15, -0.1) is 0 Å². The van der Waals surface area contributed by atoms with Crippen LogP contribution in [0.25, 0.3) is 6.08 Å². The third-order valence-corrected chi connectivity index (χ3v) is 3.44. The van der Waals surface area contributed by atoms with Crippen molar-refractivity contribution in [3.63, 3.8) is 0 Å². The molecule has 0 saturated carbocycles. The fraction of sp³-hybridized carbons (Fsp3) is 0.462. The zero-order chi connectivity index (χ0) is 13.4. The van der Waals surface area contributed by atoms with E-state index in [9.17, 15) is 4.39 Å². The maximum Gasteiger partial charge on any atom is 0.487 e. The van der Waals surface area contributed by atoms with Gasteiger partial charge >= 0.3 is 7.12 Å². The summed E-state index contributed by atoms with van der Waals surface area (Å²) in [6, 6.07) is 1.41. The van der Waals surface area contributed by atoms with Crippen LogP contribution < -0.4 is 0 Å². The number of aromatic nitrogens is 1. The second kappa shape index (κ2) is 4.48. The highest BCUT2D eigenvalue weighted by atomic mass is 19.1. The van der Waals surface area contributed by atoms with E-state index >= 15 is 0 Å². The Morgan fingerprint density at radius 2 is 1.78 bits per heavy atom. The van der Waals surface area contributed by atoms with E-state index in [0.717, 1.165) is 0 Å². The molecule has 5 heteroatoms. The van der Waals surface area contributed by atoms with Gasteiger partial charge in [0.1, 0.15) is 5.82 Å². The van der Waals surface area contributed by atoms with Crippen LogP contribution in [-0.4, -0.2) is 23.3 Å². The zero-order valence-corrected chi connectivity index (χ0v) is 11.1. The molecule has 0 aliphatic carbocycles. The van der Waals surface area contributed by atoms with Gasteiger partial charge in [-0.25, -0.2) is 4.39 Å². The molecular weight excluding hydrogens is 232 g/mol. The monoisotopic (exact) mass is 249 g/mol. The van der Waals surface area contributed by atoms with Crippen LogP contribution in [0.4, 0.5) is 4.39 Å². The van der Waals surface area contributed by atoms with Crippen molar-refractivity contribution in [2.24, 2.45) is 0 Å². The summed E-state index contributed by atoms with van der Waals surface area (Å²) >= 11 is 0. The lowest BCUT2D eigenvalue weighted by Gasteiger charge is -2.32. The van der Waals surface area contributed by atoms with Gasteiger partial charge in [0.05, 0.1) is 17.4 Å². The van der Waals surface area contributed by atoms with Crippen LogP contribution in [0.5, 0.6) is 0 Å². The van der Waals surface area contributed by atoms with Crippen molar-refractivity contribution >= 4 is 13.2 Å². The Balaban J connectivity index is 2.08. The summed E-state index contributed by atoms with van der Waals surface area (Å²) in [5, 5.41) is 0. The van der Waals surface area contributed by atoms with Crippen LogP contribution in [-0.2, 0) is 9.31 Å². The van der Waals surface area contributed by atoms with E-state index in [1.165, 1.54) is 12.3 Å². The molecule has 0 N–H and O–H groups in total. The summed E-state index contributed by atoms with van der Waals surface area (Å²) in [4.78, 5) is 3.78. The normalized spacial score (nSPS) is 21.7.